The van der Waals surface area contributed by atoms with Crippen molar-refractivity contribution in [1.29, 1.82) is 0 Å². The van der Waals surface area contributed by atoms with Crippen molar-refractivity contribution in [1.82, 2.24) is 0 Å². The molecular formula is C12H14O5. The van der Waals surface area contributed by atoms with Crippen LogP contribution < -0.4 is 0 Å². The molecule has 0 heterocycles. The Balaban J connectivity index is 2.08. The van der Waals surface area contributed by atoms with Crippen molar-refractivity contribution < 1.29 is 23.9 Å². The van der Waals surface area contributed by atoms with Crippen LogP contribution in [0.3, 0.4) is 0 Å². The van der Waals surface area contributed by atoms with Crippen LogP contribution in [0, 0.1) is 17.8 Å². The number of carbonyl (C=O) groups excluding carboxylic acids is 4. The second kappa shape index (κ2) is 4.39. The minimum atomic E-state index is -1.11. The summed E-state index contributed by atoms with van der Waals surface area (Å²) in [6.07, 6.45) is 1.44. The second-order valence-electron chi connectivity index (χ2n) is 4.67. The van der Waals surface area contributed by atoms with Gasteiger partial charge in [0.2, 0.25) is 0 Å². The lowest BCUT2D eigenvalue weighted by Crippen LogP contribution is -2.41. The first-order chi connectivity index (χ1) is 8.04. The highest BCUT2D eigenvalue weighted by atomic mass is 16.5. The van der Waals surface area contributed by atoms with Crippen LogP contribution in [0.15, 0.2) is 0 Å². The smallest absolute Gasteiger partial charge is 0.309 e. The number of rotatable bonds is 3. The lowest BCUT2D eigenvalue weighted by atomic mass is 9.77. The molecule has 2 aliphatic carbocycles. The van der Waals surface area contributed by atoms with E-state index in [0.717, 1.165) is 12.8 Å². The summed E-state index contributed by atoms with van der Waals surface area (Å²) in [4.78, 5) is 46.6. The van der Waals surface area contributed by atoms with E-state index >= 15 is 0 Å². The first-order valence-corrected chi connectivity index (χ1v) is 5.71. The highest BCUT2D eigenvalue weighted by Gasteiger charge is 2.46. The number of hydrogen-bond donors (Lipinski definition) is 0. The summed E-state index contributed by atoms with van der Waals surface area (Å²) in [5.74, 6) is -3.57. The summed E-state index contributed by atoms with van der Waals surface area (Å²) < 4.78 is 4.51. The zero-order valence-electron chi connectivity index (χ0n) is 9.60. The molecule has 2 aliphatic rings. The SMILES string of the molecule is COC(=O)C1CC(=O)C(C(=O)C2CC2)C(=O)C1. The van der Waals surface area contributed by atoms with E-state index in [0.29, 0.717) is 0 Å². The monoisotopic (exact) mass is 238 g/mol. The Bertz CT molecular complexity index is 376. The summed E-state index contributed by atoms with van der Waals surface area (Å²) in [5, 5.41) is 0. The molecule has 5 nitrogen and oxygen atoms in total. The third-order valence-electron chi connectivity index (χ3n) is 3.34. The van der Waals surface area contributed by atoms with Crippen molar-refractivity contribution in [3.63, 3.8) is 0 Å². The topological polar surface area (TPSA) is 77.5 Å². The second-order valence-corrected chi connectivity index (χ2v) is 4.67. The molecule has 0 aromatic heterocycles. The molecule has 0 saturated heterocycles. The molecule has 0 unspecified atom stereocenters. The molecule has 2 rings (SSSR count). The summed E-state index contributed by atoms with van der Waals surface area (Å²) in [7, 11) is 1.22. The molecule has 0 N–H and O–H groups in total. The number of ether oxygens (including phenoxy) is 1. The van der Waals surface area contributed by atoms with Gasteiger partial charge in [-0.15, -0.1) is 0 Å². The van der Waals surface area contributed by atoms with E-state index in [4.69, 9.17) is 0 Å². The molecule has 0 amide bonds. The van der Waals surface area contributed by atoms with Gasteiger partial charge < -0.3 is 4.74 Å². The van der Waals surface area contributed by atoms with Crippen LogP contribution in [0.5, 0.6) is 0 Å². The van der Waals surface area contributed by atoms with Gasteiger partial charge in [0.1, 0.15) is 5.92 Å². The average Bonchev–Trinajstić information content (AvgIpc) is 3.10. The molecule has 0 aromatic carbocycles. The summed E-state index contributed by atoms with van der Waals surface area (Å²) >= 11 is 0. The maximum Gasteiger partial charge on any atom is 0.309 e. The predicted octanol–water partition coefficient (Wildman–Crippen LogP) is 0.303. The fourth-order valence-corrected chi connectivity index (χ4v) is 2.23. The molecule has 0 aliphatic heterocycles. The molecule has 0 bridgehead atoms. The third kappa shape index (κ3) is 2.28. The molecule has 2 saturated carbocycles. The first kappa shape index (κ1) is 12.0. The van der Waals surface area contributed by atoms with E-state index < -0.39 is 29.4 Å². The van der Waals surface area contributed by atoms with Gasteiger partial charge in [0.15, 0.2) is 17.3 Å². The number of ketones is 3. The van der Waals surface area contributed by atoms with Crippen molar-refractivity contribution in [3.8, 4) is 0 Å². The van der Waals surface area contributed by atoms with Gasteiger partial charge in [-0.05, 0) is 12.8 Å². The molecule has 0 spiro atoms. The maximum absolute atomic E-state index is 11.8. The fraction of sp³-hybridized carbons (Fsp3) is 0.667. The van der Waals surface area contributed by atoms with Gasteiger partial charge in [-0.25, -0.2) is 0 Å². The minimum absolute atomic E-state index is 0.0540. The van der Waals surface area contributed by atoms with Crippen molar-refractivity contribution in [3.05, 3.63) is 0 Å². The number of hydrogen-bond acceptors (Lipinski definition) is 5. The molecule has 5 heteroatoms. The third-order valence-corrected chi connectivity index (χ3v) is 3.34. The number of Topliss-reactive ketones (excluding diaryl/α,β-unsaturated/α-hetero) is 3. The predicted molar refractivity (Wildman–Crippen MR) is 56.0 cm³/mol. The molecule has 17 heavy (non-hydrogen) atoms. The molecule has 92 valence electrons. The Morgan fingerprint density at radius 1 is 1.06 bits per heavy atom. The van der Waals surface area contributed by atoms with Crippen LogP contribution in [-0.2, 0) is 23.9 Å². The van der Waals surface area contributed by atoms with E-state index in [1.54, 1.807) is 0 Å². The standard InChI is InChI=1S/C12H14O5/c1-17-12(16)7-4-8(13)10(9(14)5-7)11(15)6-2-3-6/h6-7,10H,2-5H2,1H3. The molecule has 2 fully saturated rings. The largest absolute Gasteiger partial charge is 0.469 e. The Kier molecular flexibility index (Phi) is 3.09. The highest BCUT2D eigenvalue weighted by Crippen LogP contribution is 2.36. The van der Waals surface area contributed by atoms with Crippen LogP contribution in [-0.4, -0.2) is 30.4 Å². The number of esters is 1. The van der Waals surface area contributed by atoms with Gasteiger partial charge >= 0.3 is 5.97 Å². The van der Waals surface area contributed by atoms with Crippen LogP contribution in [0.1, 0.15) is 25.7 Å². The summed E-state index contributed by atoms with van der Waals surface area (Å²) in [6, 6.07) is 0. The van der Waals surface area contributed by atoms with E-state index in [-0.39, 0.29) is 24.5 Å². The lowest BCUT2D eigenvalue weighted by Gasteiger charge is -2.23. The zero-order valence-corrected chi connectivity index (χ0v) is 9.60. The quantitative estimate of drug-likeness (QED) is 0.522. The fourth-order valence-electron chi connectivity index (χ4n) is 2.23. The number of carbonyl (C=O) groups is 4. The summed E-state index contributed by atoms with van der Waals surface area (Å²) in [6.45, 7) is 0. The Morgan fingerprint density at radius 3 is 2.00 bits per heavy atom. The van der Waals surface area contributed by atoms with Gasteiger partial charge in [0.05, 0.1) is 13.0 Å². The minimum Gasteiger partial charge on any atom is -0.469 e. The van der Waals surface area contributed by atoms with Crippen LogP contribution in [0.25, 0.3) is 0 Å². The molecule has 0 radical (unpaired) electrons. The first-order valence-electron chi connectivity index (χ1n) is 5.71. The lowest BCUT2D eigenvalue weighted by molar-refractivity contribution is -0.154. The van der Waals surface area contributed by atoms with Crippen LogP contribution in [0.4, 0.5) is 0 Å². The van der Waals surface area contributed by atoms with E-state index in [9.17, 15) is 19.2 Å². The van der Waals surface area contributed by atoms with E-state index in [2.05, 4.69) is 4.74 Å². The van der Waals surface area contributed by atoms with Crippen molar-refractivity contribution in [2.45, 2.75) is 25.7 Å². The van der Waals surface area contributed by atoms with E-state index in [1.165, 1.54) is 7.11 Å². The molecule has 0 aromatic rings. The van der Waals surface area contributed by atoms with Crippen molar-refractivity contribution in [2.24, 2.45) is 17.8 Å². The van der Waals surface area contributed by atoms with Gasteiger partial charge in [-0.1, -0.05) is 0 Å². The molecular weight excluding hydrogens is 224 g/mol. The van der Waals surface area contributed by atoms with Crippen LogP contribution >= 0.6 is 0 Å². The Labute approximate surface area is 98.5 Å². The average molecular weight is 238 g/mol. The Morgan fingerprint density at radius 2 is 1.59 bits per heavy atom. The van der Waals surface area contributed by atoms with Gasteiger partial charge in [-0.2, -0.15) is 0 Å². The van der Waals surface area contributed by atoms with Gasteiger partial charge in [0, 0.05) is 18.8 Å². The van der Waals surface area contributed by atoms with Crippen molar-refractivity contribution in [2.75, 3.05) is 7.11 Å². The molecule has 0 atom stereocenters. The maximum atomic E-state index is 11.8. The van der Waals surface area contributed by atoms with Gasteiger partial charge in [-0.3, -0.25) is 19.2 Å². The van der Waals surface area contributed by atoms with E-state index in [1.807, 2.05) is 0 Å². The van der Waals surface area contributed by atoms with Crippen molar-refractivity contribution >= 4 is 23.3 Å². The zero-order chi connectivity index (χ0) is 12.6. The summed E-state index contributed by atoms with van der Waals surface area (Å²) in [5.41, 5.74) is 0. The van der Waals surface area contributed by atoms with Gasteiger partial charge in [0.25, 0.3) is 0 Å². The van der Waals surface area contributed by atoms with Crippen LogP contribution in [0.2, 0.25) is 0 Å². The number of methoxy groups -OCH3 is 1. The Hall–Kier alpha value is -1.52. The highest BCUT2D eigenvalue weighted by molar-refractivity contribution is 6.22. The normalized spacial score (nSPS) is 29.0.